The fraction of sp³-hybridized carbons (Fsp3) is 0.400. The first-order chi connectivity index (χ1) is 10.2. The van der Waals surface area contributed by atoms with E-state index < -0.39 is 0 Å². The molecule has 128 valence electrons. The van der Waals surface area contributed by atoms with Crippen molar-refractivity contribution in [2.24, 2.45) is 5.92 Å². The molecule has 1 aromatic heterocycles. The van der Waals surface area contributed by atoms with Crippen molar-refractivity contribution in [3.05, 3.63) is 48.0 Å². The lowest BCUT2D eigenvalue weighted by Gasteiger charge is -2.11. The molecule has 0 spiro atoms. The first-order valence-electron chi connectivity index (χ1n) is 7.01. The molecule has 0 radical (unpaired) electrons. The Morgan fingerprint density at radius 3 is 2.43 bits per heavy atom. The van der Waals surface area contributed by atoms with E-state index in [1.807, 2.05) is 38.2 Å². The van der Waals surface area contributed by atoms with Crippen LogP contribution in [0.25, 0.3) is 0 Å². The highest BCUT2D eigenvalue weighted by atomic mass is 35.5. The molecule has 1 heterocycles. The van der Waals surface area contributed by atoms with E-state index >= 15 is 0 Å². The summed E-state index contributed by atoms with van der Waals surface area (Å²) < 4.78 is 1.77. The third-order valence-corrected chi connectivity index (χ3v) is 3.26. The van der Waals surface area contributed by atoms with Crippen molar-refractivity contribution in [2.45, 2.75) is 20.0 Å². The number of nitrogens with one attached hydrogen (secondary N) is 2. The Balaban J connectivity index is 0.00000242. The third kappa shape index (κ3) is 6.99. The van der Waals surface area contributed by atoms with Crippen molar-refractivity contribution in [1.29, 1.82) is 0 Å². The van der Waals surface area contributed by atoms with Crippen LogP contribution >= 0.6 is 24.8 Å². The Labute approximate surface area is 148 Å². The number of benzene rings is 1. The van der Waals surface area contributed by atoms with E-state index in [1.165, 1.54) is 6.33 Å². The molecule has 0 aliphatic carbocycles. The van der Waals surface area contributed by atoms with Crippen molar-refractivity contribution < 1.29 is 4.79 Å². The van der Waals surface area contributed by atoms with Crippen LogP contribution in [0.2, 0.25) is 0 Å². The highest BCUT2D eigenvalue weighted by Crippen LogP contribution is 2.06. The van der Waals surface area contributed by atoms with Gasteiger partial charge in [0.05, 0.1) is 6.54 Å². The second-order valence-electron chi connectivity index (χ2n) is 5.09. The molecule has 1 aromatic carbocycles. The van der Waals surface area contributed by atoms with E-state index in [2.05, 4.69) is 20.7 Å². The smallest absolute Gasteiger partial charge is 0.224 e. The molecule has 1 amide bonds. The number of carbonyl (C=O) groups excluding carboxylic acids is 1. The van der Waals surface area contributed by atoms with Gasteiger partial charge in [-0.05, 0) is 18.2 Å². The molecule has 0 bridgehead atoms. The van der Waals surface area contributed by atoms with Crippen LogP contribution in [-0.2, 0) is 17.9 Å². The fourth-order valence-corrected chi connectivity index (χ4v) is 2.03. The zero-order valence-electron chi connectivity index (χ0n) is 13.2. The molecule has 0 fully saturated rings. The number of halogens is 2. The van der Waals surface area contributed by atoms with Crippen LogP contribution in [-0.4, -0.2) is 34.3 Å². The molecule has 2 aromatic rings. The topological polar surface area (TPSA) is 71.8 Å². The average molecular weight is 360 g/mol. The van der Waals surface area contributed by atoms with Crippen LogP contribution in [0.15, 0.2) is 36.9 Å². The van der Waals surface area contributed by atoms with Gasteiger partial charge in [-0.3, -0.25) is 4.79 Å². The molecule has 0 saturated carbocycles. The summed E-state index contributed by atoms with van der Waals surface area (Å²) in [6.45, 7) is 3.85. The average Bonchev–Trinajstić information content (AvgIpc) is 2.99. The zero-order valence-corrected chi connectivity index (χ0v) is 14.9. The molecule has 23 heavy (non-hydrogen) atoms. The largest absolute Gasteiger partial charge is 0.352 e. The third-order valence-electron chi connectivity index (χ3n) is 3.26. The lowest BCUT2D eigenvalue weighted by atomic mass is 10.1. The van der Waals surface area contributed by atoms with E-state index in [0.29, 0.717) is 19.6 Å². The molecular formula is C15H23Cl2N5O. The minimum Gasteiger partial charge on any atom is -0.352 e. The van der Waals surface area contributed by atoms with Crippen molar-refractivity contribution in [1.82, 2.24) is 25.4 Å². The molecule has 0 aliphatic rings. The van der Waals surface area contributed by atoms with E-state index in [-0.39, 0.29) is 36.6 Å². The van der Waals surface area contributed by atoms with Gasteiger partial charge in [-0.2, -0.15) is 5.10 Å². The Morgan fingerprint density at radius 1 is 1.22 bits per heavy atom. The van der Waals surface area contributed by atoms with Gasteiger partial charge >= 0.3 is 0 Å². The normalized spacial score (nSPS) is 11.0. The minimum absolute atomic E-state index is 0. The summed E-state index contributed by atoms with van der Waals surface area (Å²) in [7, 11) is 1.84. The highest BCUT2D eigenvalue weighted by Gasteiger charge is 2.10. The molecule has 0 aliphatic heterocycles. The summed E-state index contributed by atoms with van der Waals surface area (Å²) in [5.74, 6) is 0.0395. The first-order valence-corrected chi connectivity index (χ1v) is 7.01. The lowest BCUT2D eigenvalue weighted by molar-refractivity contribution is -0.124. The quantitative estimate of drug-likeness (QED) is 0.788. The van der Waals surface area contributed by atoms with Gasteiger partial charge in [0.2, 0.25) is 5.91 Å². The van der Waals surface area contributed by atoms with Gasteiger partial charge in [0.25, 0.3) is 0 Å². The monoisotopic (exact) mass is 359 g/mol. The lowest BCUT2D eigenvalue weighted by Crippen LogP contribution is -2.33. The summed E-state index contributed by atoms with van der Waals surface area (Å²) in [4.78, 5) is 15.7. The van der Waals surface area contributed by atoms with Gasteiger partial charge in [-0.25, -0.2) is 9.67 Å². The molecular weight excluding hydrogens is 337 g/mol. The van der Waals surface area contributed by atoms with Crippen molar-refractivity contribution in [3.8, 4) is 0 Å². The Bertz CT molecular complexity index is 560. The molecule has 8 heteroatoms. The number of amides is 1. The molecule has 2 rings (SSSR count). The van der Waals surface area contributed by atoms with Crippen LogP contribution in [0.1, 0.15) is 18.1 Å². The molecule has 1 atom stereocenters. The summed E-state index contributed by atoms with van der Waals surface area (Å²) in [6, 6.07) is 8.13. The summed E-state index contributed by atoms with van der Waals surface area (Å²) in [5, 5.41) is 10.0. The maximum atomic E-state index is 11.8. The fourth-order valence-electron chi connectivity index (χ4n) is 2.03. The van der Waals surface area contributed by atoms with Crippen LogP contribution in [0, 0.1) is 5.92 Å². The summed E-state index contributed by atoms with van der Waals surface area (Å²) in [5.41, 5.74) is 2.24. The number of hydrogen-bond acceptors (Lipinski definition) is 4. The maximum absolute atomic E-state index is 11.8. The Morgan fingerprint density at radius 2 is 1.87 bits per heavy atom. The predicted molar refractivity (Wildman–Crippen MR) is 95.0 cm³/mol. The molecule has 6 nitrogen and oxygen atoms in total. The summed E-state index contributed by atoms with van der Waals surface area (Å²) in [6.07, 6.45) is 3.22. The number of aromatic nitrogens is 3. The van der Waals surface area contributed by atoms with Crippen molar-refractivity contribution in [3.63, 3.8) is 0 Å². The van der Waals surface area contributed by atoms with E-state index in [4.69, 9.17) is 0 Å². The van der Waals surface area contributed by atoms with Crippen LogP contribution in [0.4, 0.5) is 0 Å². The Hall–Kier alpha value is -1.63. The number of nitrogens with zero attached hydrogens (tertiary/aromatic N) is 3. The van der Waals surface area contributed by atoms with Crippen molar-refractivity contribution >= 4 is 30.7 Å². The number of rotatable bonds is 7. The standard InChI is InChI=1S/C15H21N5O.2ClH/c1-12(7-16-2)15(21)18-8-13-3-5-14(6-4-13)9-20-11-17-10-19-20;;/h3-6,10-12,16H,7-9H2,1-2H3,(H,18,21);2*1H. The second-order valence-corrected chi connectivity index (χ2v) is 5.09. The number of hydrogen-bond donors (Lipinski definition) is 2. The molecule has 0 saturated heterocycles. The van der Waals surface area contributed by atoms with Gasteiger partial charge in [-0.15, -0.1) is 24.8 Å². The van der Waals surface area contributed by atoms with Gasteiger partial charge in [-0.1, -0.05) is 31.2 Å². The van der Waals surface area contributed by atoms with E-state index in [0.717, 1.165) is 11.1 Å². The molecule has 1 unspecified atom stereocenters. The van der Waals surface area contributed by atoms with Crippen molar-refractivity contribution in [2.75, 3.05) is 13.6 Å². The predicted octanol–water partition coefficient (Wildman–Crippen LogP) is 1.64. The van der Waals surface area contributed by atoms with E-state index in [1.54, 1.807) is 11.0 Å². The van der Waals surface area contributed by atoms with Gasteiger partial charge < -0.3 is 10.6 Å². The minimum atomic E-state index is -0.0263. The van der Waals surface area contributed by atoms with Crippen LogP contribution in [0.5, 0.6) is 0 Å². The van der Waals surface area contributed by atoms with Crippen LogP contribution < -0.4 is 10.6 Å². The SMILES string of the molecule is CNCC(C)C(=O)NCc1ccc(Cn2cncn2)cc1.Cl.Cl. The molecule has 2 N–H and O–H groups in total. The second kappa shape index (κ2) is 11.0. The highest BCUT2D eigenvalue weighted by molar-refractivity contribution is 5.85. The Kier molecular flexibility index (Phi) is 10.2. The first kappa shape index (κ1) is 21.4. The zero-order chi connectivity index (χ0) is 15.1. The van der Waals surface area contributed by atoms with Gasteiger partial charge in [0, 0.05) is 19.0 Å². The van der Waals surface area contributed by atoms with Crippen LogP contribution in [0.3, 0.4) is 0 Å². The number of carbonyl (C=O) groups is 1. The summed E-state index contributed by atoms with van der Waals surface area (Å²) >= 11 is 0. The van der Waals surface area contributed by atoms with Gasteiger partial charge in [0.15, 0.2) is 0 Å². The maximum Gasteiger partial charge on any atom is 0.224 e. The van der Waals surface area contributed by atoms with E-state index in [9.17, 15) is 4.79 Å². The van der Waals surface area contributed by atoms with Gasteiger partial charge in [0.1, 0.15) is 12.7 Å².